The maximum Gasteiger partial charge on any atom is 0.131 e. The molecule has 18 heavy (non-hydrogen) atoms. The van der Waals surface area contributed by atoms with Crippen LogP contribution in [-0.2, 0) is 0 Å². The van der Waals surface area contributed by atoms with Gasteiger partial charge >= 0.3 is 0 Å². The van der Waals surface area contributed by atoms with Crippen molar-refractivity contribution in [3.05, 3.63) is 69.7 Å². The highest BCUT2D eigenvalue weighted by molar-refractivity contribution is 9.10. The molecule has 2 aromatic rings. The van der Waals surface area contributed by atoms with Crippen LogP contribution in [0.15, 0.2) is 53.0 Å². The third-order valence-electron chi connectivity index (χ3n) is 2.45. The van der Waals surface area contributed by atoms with Gasteiger partial charge in [-0.25, -0.2) is 4.39 Å². The summed E-state index contributed by atoms with van der Waals surface area (Å²) in [6.07, 6.45) is 1.45. The van der Waals surface area contributed by atoms with E-state index in [4.69, 9.17) is 5.26 Å². The van der Waals surface area contributed by atoms with E-state index in [1.54, 1.807) is 48.5 Å². The van der Waals surface area contributed by atoms with Crippen LogP contribution in [0, 0.1) is 11.3 Å². The Morgan fingerprint density at radius 1 is 1.06 bits per heavy atom. The van der Waals surface area contributed by atoms with Gasteiger partial charge in [0.25, 0.3) is 0 Å². The minimum atomic E-state index is -0.299. The van der Waals surface area contributed by atoms with Crippen molar-refractivity contribution < 1.29 is 4.39 Å². The Morgan fingerprint density at radius 3 is 2.22 bits per heavy atom. The van der Waals surface area contributed by atoms with Crippen molar-refractivity contribution in [3.63, 3.8) is 0 Å². The Morgan fingerprint density at radius 2 is 1.67 bits per heavy atom. The summed E-state index contributed by atoms with van der Waals surface area (Å²) >= 11 is 3.30. The highest BCUT2D eigenvalue weighted by Crippen LogP contribution is 2.21. The molecule has 0 atom stereocenters. The zero-order valence-electron chi connectivity index (χ0n) is 9.40. The average Bonchev–Trinajstić information content (AvgIpc) is 2.40. The topological polar surface area (TPSA) is 23.8 Å². The molecule has 0 saturated carbocycles. The maximum atomic E-state index is 13.9. The summed E-state index contributed by atoms with van der Waals surface area (Å²) < 4.78 is 14.8. The number of hydrogen-bond acceptors (Lipinski definition) is 1. The van der Waals surface area contributed by atoms with Crippen LogP contribution in [0.3, 0.4) is 0 Å². The van der Waals surface area contributed by atoms with Gasteiger partial charge in [-0.05, 0) is 35.9 Å². The number of nitrogens with zero attached hydrogens (tertiary/aromatic N) is 1. The minimum absolute atomic E-state index is 0.299. The summed E-state index contributed by atoms with van der Waals surface area (Å²) in [4.78, 5) is 0. The molecule has 0 unspecified atom stereocenters. The number of hydrogen-bond donors (Lipinski definition) is 0. The molecule has 0 spiro atoms. The lowest BCUT2D eigenvalue weighted by atomic mass is 10.1. The van der Waals surface area contributed by atoms with E-state index in [0.717, 1.165) is 10.0 Å². The maximum absolute atomic E-state index is 13.9. The smallest absolute Gasteiger partial charge is 0.131 e. The lowest BCUT2D eigenvalue weighted by molar-refractivity contribution is 0.765. The van der Waals surface area contributed by atoms with Gasteiger partial charge in [-0.3, -0.25) is 0 Å². The summed E-state index contributed by atoms with van der Waals surface area (Å²) in [6, 6.07) is 15.8. The van der Waals surface area contributed by atoms with E-state index in [0.29, 0.717) is 11.1 Å². The summed E-state index contributed by atoms with van der Waals surface area (Å²) in [5.41, 5.74) is 1.83. The first-order chi connectivity index (χ1) is 8.69. The normalized spacial score (nSPS) is 11.1. The van der Waals surface area contributed by atoms with E-state index in [1.165, 1.54) is 6.08 Å². The molecule has 2 aromatic carbocycles. The minimum Gasteiger partial charge on any atom is -0.206 e. The molecule has 0 heterocycles. The van der Waals surface area contributed by atoms with Crippen molar-refractivity contribution in [2.45, 2.75) is 0 Å². The van der Waals surface area contributed by atoms with Crippen LogP contribution in [0.2, 0.25) is 0 Å². The van der Waals surface area contributed by atoms with Gasteiger partial charge in [-0.15, -0.1) is 0 Å². The molecule has 2 rings (SSSR count). The standard InChI is InChI=1S/C15H9BrFN/c16-14-7-5-13(6-8-14)15(17)9-11-1-3-12(10-18)4-2-11/h1-9H/b15-9-. The Kier molecular flexibility index (Phi) is 3.91. The van der Waals surface area contributed by atoms with Crippen molar-refractivity contribution in [3.8, 4) is 6.07 Å². The molecule has 0 fully saturated rings. The predicted octanol–water partition coefficient (Wildman–Crippen LogP) is 4.79. The molecule has 0 N–H and O–H groups in total. The molecule has 0 radical (unpaired) electrons. The molecule has 3 heteroatoms. The van der Waals surface area contributed by atoms with Crippen molar-refractivity contribution in [1.82, 2.24) is 0 Å². The molecule has 0 aliphatic heterocycles. The molecular weight excluding hydrogens is 293 g/mol. The second-order valence-corrected chi connectivity index (χ2v) is 4.65. The van der Waals surface area contributed by atoms with Gasteiger partial charge in [0, 0.05) is 10.0 Å². The molecule has 0 aliphatic rings. The molecule has 0 aliphatic carbocycles. The fourth-order valence-electron chi connectivity index (χ4n) is 1.49. The Balaban J connectivity index is 2.26. The van der Waals surface area contributed by atoms with E-state index < -0.39 is 0 Å². The van der Waals surface area contributed by atoms with E-state index in [1.807, 2.05) is 6.07 Å². The number of rotatable bonds is 2. The van der Waals surface area contributed by atoms with Crippen LogP contribution in [-0.4, -0.2) is 0 Å². The molecule has 0 saturated heterocycles. The second kappa shape index (κ2) is 5.61. The highest BCUT2D eigenvalue weighted by atomic mass is 79.9. The number of benzene rings is 2. The summed E-state index contributed by atoms with van der Waals surface area (Å²) in [5, 5.41) is 8.67. The summed E-state index contributed by atoms with van der Waals surface area (Å²) in [5.74, 6) is -0.299. The van der Waals surface area contributed by atoms with Crippen molar-refractivity contribution in [1.29, 1.82) is 5.26 Å². The largest absolute Gasteiger partial charge is 0.206 e. The quantitative estimate of drug-likeness (QED) is 0.732. The predicted molar refractivity (Wildman–Crippen MR) is 74.3 cm³/mol. The molecule has 0 aromatic heterocycles. The van der Waals surface area contributed by atoms with E-state index in [9.17, 15) is 4.39 Å². The van der Waals surface area contributed by atoms with Crippen LogP contribution < -0.4 is 0 Å². The third-order valence-corrected chi connectivity index (χ3v) is 2.98. The van der Waals surface area contributed by atoms with Gasteiger partial charge in [-0.1, -0.05) is 40.2 Å². The lowest BCUT2D eigenvalue weighted by Crippen LogP contribution is -1.79. The summed E-state index contributed by atoms with van der Waals surface area (Å²) in [6.45, 7) is 0. The number of nitriles is 1. The fourth-order valence-corrected chi connectivity index (χ4v) is 1.76. The fraction of sp³-hybridized carbons (Fsp3) is 0. The van der Waals surface area contributed by atoms with Gasteiger partial charge in [-0.2, -0.15) is 5.26 Å². The molecule has 88 valence electrons. The van der Waals surface area contributed by atoms with Crippen LogP contribution in [0.4, 0.5) is 4.39 Å². The van der Waals surface area contributed by atoms with E-state index in [-0.39, 0.29) is 5.83 Å². The first kappa shape index (κ1) is 12.5. The van der Waals surface area contributed by atoms with E-state index in [2.05, 4.69) is 15.9 Å². The first-order valence-electron chi connectivity index (χ1n) is 5.32. The lowest BCUT2D eigenvalue weighted by Gasteiger charge is -1.99. The Labute approximate surface area is 113 Å². The Bertz CT molecular complexity index is 606. The zero-order chi connectivity index (χ0) is 13.0. The molecule has 0 amide bonds. The monoisotopic (exact) mass is 301 g/mol. The zero-order valence-corrected chi connectivity index (χ0v) is 11.0. The SMILES string of the molecule is N#Cc1ccc(/C=C(\F)c2ccc(Br)cc2)cc1. The Hall–Kier alpha value is -1.92. The third kappa shape index (κ3) is 3.06. The van der Waals surface area contributed by atoms with Crippen molar-refractivity contribution in [2.24, 2.45) is 0 Å². The van der Waals surface area contributed by atoms with Crippen molar-refractivity contribution >= 4 is 27.8 Å². The van der Waals surface area contributed by atoms with Crippen LogP contribution >= 0.6 is 15.9 Å². The summed E-state index contributed by atoms with van der Waals surface area (Å²) in [7, 11) is 0. The second-order valence-electron chi connectivity index (χ2n) is 3.73. The van der Waals surface area contributed by atoms with Crippen LogP contribution in [0.25, 0.3) is 11.9 Å². The van der Waals surface area contributed by atoms with Crippen LogP contribution in [0.5, 0.6) is 0 Å². The molecule has 0 bridgehead atoms. The van der Waals surface area contributed by atoms with Crippen LogP contribution in [0.1, 0.15) is 16.7 Å². The average molecular weight is 302 g/mol. The molecule has 1 nitrogen and oxygen atoms in total. The molecular formula is C15H9BrFN. The van der Waals surface area contributed by atoms with Gasteiger partial charge in [0.05, 0.1) is 11.6 Å². The van der Waals surface area contributed by atoms with Gasteiger partial charge < -0.3 is 0 Å². The highest BCUT2D eigenvalue weighted by Gasteiger charge is 2.00. The van der Waals surface area contributed by atoms with Gasteiger partial charge in [0.1, 0.15) is 5.83 Å². The van der Waals surface area contributed by atoms with Gasteiger partial charge in [0.2, 0.25) is 0 Å². The van der Waals surface area contributed by atoms with Gasteiger partial charge in [0.15, 0.2) is 0 Å². The first-order valence-corrected chi connectivity index (χ1v) is 6.11. The van der Waals surface area contributed by atoms with Crippen molar-refractivity contribution in [2.75, 3.05) is 0 Å². The van der Waals surface area contributed by atoms with E-state index >= 15 is 0 Å². The number of halogens is 2.